The van der Waals surface area contributed by atoms with Crippen molar-refractivity contribution < 1.29 is 22.7 Å². The number of carbonyl (C=O) groups excluding carboxylic acids is 1. The maximum atomic E-state index is 12.7. The van der Waals surface area contributed by atoms with Crippen molar-refractivity contribution >= 4 is 43.6 Å². The summed E-state index contributed by atoms with van der Waals surface area (Å²) in [6.07, 6.45) is 1.74. The molecule has 28 heavy (non-hydrogen) atoms. The number of halogens is 1. The van der Waals surface area contributed by atoms with Crippen molar-refractivity contribution in [3.63, 3.8) is 0 Å². The molecule has 9 heteroatoms. The van der Waals surface area contributed by atoms with Crippen LogP contribution in [-0.4, -0.2) is 46.4 Å². The molecule has 1 aliphatic rings. The van der Waals surface area contributed by atoms with Gasteiger partial charge in [-0.25, -0.2) is 12.7 Å². The fourth-order valence-electron chi connectivity index (χ4n) is 2.64. The average molecular weight is 467 g/mol. The highest BCUT2D eigenvalue weighted by molar-refractivity contribution is 9.10. The molecule has 2 aromatic rings. The number of amides is 1. The monoisotopic (exact) mass is 466 g/mol. The molecule has 1 aliphatic heterocycles. The Morgan fingerprint density at radius 1 is 1.21 bits per heavy atom. The van der Waals surface area contributed by atoms with E-state index in [9.17, 15) is 13.2 Å². The fraction of sp³-hybridized carbons (Fsp3) is 0.211. The van der Waals surface area contributed by atoms with E-state index in [1.54, 1.807) is 6.08 Å². The van der Waals surface area contributed by atoms with E-state index >= 15 is 0 Å². The number of methoxy groups -OCH3 is 1. The number of fused-ring (bicyclic) bond motifs is 1. The third kappa shape index (κ3) is 4.06. The first kappa shape index (κ1) is 20.4. The summed E-state index contributed by atoms with van der Waals surface area (Å²) in [4.78, 5) is 12.8. The van der Waals surface area contributed by atoms with E-state index < -0.39 is 15.9 Å². The first-order valence-electron chi connectivity index (χ1n) is 8.27. The van der Waals surface area contributed by atoms with E-state index in [1.165, 1.54) is 39.4 Å². The van der Waals surface area contributed by atoms with Gasteiger partial charge in [0.05, 0.1) is 23.3 Å². The van der Waals surface area contributed by atoms with Crippen molar-refractivity contribution in [2.45, 2.75) is 4.90 Å². The van der Waals surface area contributed by atoms with Gasteiger partial charge in [0.25, 0.3) is 5.91 Å². The summed E-state index contributed by atoms with van der Waals surface area (Å²) in [5, 5.41) is 2.72. The number of hydrogen-bond donors (Lipinski definition) is 1. The molecule has 7 nitrogen and oxygen atoms in total. The number of nitrogens with one attached hydrogen (secondary N) is 1. The Kier molecular flexibility index (Phi) is 5.78. The van der Waals surface area contributed by atoms with Crippen LogP contribution in [0.3, 0.4) is 0 Å². The number of carbonyl (C=O) groups is 1. The number of sulfonamides is 1. The lowest BCUT2D eigenvalue weighted by Gasteiger charge is -2.19. The van der Waals surface area contributed by atoms with Crippen molar-refractivity contribution in [3.8, 4) is 11.5 Å². The summed E-state index contributed by atoms with van der Waals surface area (Å²) in [6, 6.07) is 9.85. The van der Waals surface area contributed by atoms with Gasteiger partial charge in [-0.15, -0.1) is 0 Å². The standard InChI is InChI=1S/C19H19BrN2O5S/c1-22(2)28(24,25)15-5-7-18(26-3)16(10-15)21-19(23)13-8-12-9-14(20)4-6-17(12)27-11-13/h4-10H,11H2,1-3H3,(H,21,23). The maximum Gasteiger partial charge on any atom is 0.255 e. The van der Waals surface area contributed by atoms with Gasteiger partial charge in [0.2, 0.25) is 10.0 Å². The Balaban J connectivity index is 1.92. The molecule has 0 spiro atoms. The third-order valence-electron chi connectivity index (χ3n) is 4.17. The second-order valence-electron chi connectivity index (χ2n) is 6.24. The van der Waals surface area contributed by atoms with E-state index in [2.05, 4.69) is 21.2 Å². The largest absolute Gasteiger partial charge is 0.495 e. The molecule has 0 unspecified atom stereocenters. The lowest BCUT2D eigenvalue weighted by atomic mass is 10.1. The van der Waals surface area contributed by atoms with Crippen LogP contribution >= 0.6 is 15.9 Å². The molecular weight excluding hydrogens is 448 g/mol. The molecule has 0 atom stereocenters. The molecule has 1 amide bonds. The molecule has 0 bridgehead atoms. The fourth-order valence-corrected chi connectivity index (χ4v) is 3.95. The summed E-state index contributed by atoms with van der Waals surface area (Å²) >= 11 is 3.40. The van der Waals surface area contributed by atoms with Crippen LogP contribution in [0.5, 0.6) is 11.5 Å². The molecule has 0 aliphatic carbocycles. The minimum absolute atomic E-state index is 0.0525. The number of ether oxygens (including phenoxy) is 2. The van der Waals surface area contributed by atoms with Crippen LogP contribution in [0, 0.1) is 0 Å². The van der Waals surface area contributed by atoms with Crippen molar-refractivity contribution in [1.29, 1.82) is 0 Å². The molecular formula is C19H19BrN2O5S. The lowest BCUT2D eigenvalue weighted by molar-refractivity contribution is -0.113. The molecule has 2 aromatic carbocycles. The molecule has 0 saturated heterocycles. The number of hydrogen-bond acceptors (Lipinski definition) is 5. The second-order valence-corrected chi connectivity index (χ2v) is 9.31. The van der Waals surface area contributed by atoms with Gasteiger partial charge < -0.3 is 14.8 Å². The molecule has 1 N–H and O–H groups in total. The van der Waals surface area contributed by atoms with Gasteiger partial charge in [0.15, 0.2) is 0 Å². The van der Waals surface area contributed by atoms with Crippen molar-refractivity contribution in [2.75, 3.05) is 33.1 Å². The second kappa shape index (κ2) is 7.94. The zero-order chi connectivity index (χ0) is 20.5. The molecule has 148 valence electrons. The molecule has 1 heterocycles. The van der Waals surface area contributed by atoms with E-state index in [1.807, 2.05) is 18.2 Å². The number of anilines is 1. The SMILES string of the molecule is COc1ccc(S(=O)(=O)N(C)C)cc1NC(=O)C1=Cc2cc(Br)ccc2OC1. The molecule has 0 saturated carbocycles. The summed E-state index contributed by atoms with van der Waals surface area (Å²) in [5.74, 6) is 0.645. The van der Waals surface area contributed by atoms with Gasteiger partial charge in [0, 0.05) is 24.1 Å². The minimum Gasteiger partial charge on any atom is -0.495 e. The number of benzene rings is 2. The normalized spacial score (nSPS) is 13.4. The van der Waals surface area contributed by atoms with E-state index in [4.69, 9.17) is 9.47 Å². The van der Waals surface area contributed by atoms with E-state index in [0.29, 0.717) is 17.1 Å². The van der Waals surface area contributed by atoms with E-state index in [-0.39, 0.29) is 17.2 Å². The van der Waals surface area contributed by atoms with Crippen LogP contribution in [0.2, 0.25) is 0 Å². The van der Waals surface area contributed by atoms with Crippen LogP contribution < -0.4 is 14.8 Å². The maximum absolute atomic E-state index is 12.7. The van der Waals surface area contributed by atoms with Crippen LogP contribution in [0.1, 0.15) is 5.56 Å². The number of rotatable bonds is 5. The zero-order valence-electron chi connectivity index (χ0n) is 15.5. The van der Waals surface area contributed by atoms with Crippen LogP contribution in [-0.2, 0) is 14.8 Å². The van der Waals surface area contributed by atoms with Gasteiger partial charge in [-0.05, 0) is 42.5 Å². The minimum atomic E-state index is -3.65. The number of nitrogens with zero attached hydrogens (tertiary/aromatic N) is 1. The lowest BCUT2D eigenvalue weighted by Crippen LogP contribution is -2.23. The molecule has 0 aromatic heterocycles. The van der Waals surface area contributed by atoms with Crippen molar-refractivity contribution in [2.24, 2.45) is 0 Å². The summed E-state index contributed by atoms with van der Waals surface area (Å²) < 4.78 is 37.6. The van der Waals surface area contributed by atoms with Crippen LogP contribution in [0.4, 0.5) is 5.69 Å². The summed E-state index contributed by atoms with van der Waals surface area (Å²) in [5.41, 5.74) is 1.45. The van der Waals surface area contributed by atoms with Gasteiger partial charge in [0.1, 0.15) is 18.1 Å². The van der Waals surface area contributed by atoms with Gasteiger partial charge in [-0.2, -0.15) is 0 Å². The summed E-state index contributed by atoms with van der Waals surface area (Å²) in [6.45, 7) is 0.110. The third-order valence-corrected chi connectivity index (χ3v) is 6.48. The highest BCUT2D eigenvalue weighted by Gasteiger charge is 2.22. The Morgan fingerprint density at radius 3 is 2.64 bits per heavy atom. The predicted octanol–water partition coefficient (Wildman–Crippen LogP) is 3.12. The zero-order valence-corrected chi connectivity index (χ0v) is 17.9. The highest BCUT2D eigenvalue weighted by atomic mass is 79.9. The average Bonchev–Trinajstić information content (AvgIpc) is 2.67. The topological polar surface area (TPSA) is 84.9 Å². The molecule has 3 rings (SSSR count). The Hall–Kier alpha value is -2.36. The van der Waals surface area contributed by atoms with Crippen LogP contribution in [0.25, 0.3) is 6.08 Å². The van der Waals surface area contributed by atoms with Crippen molar-refractivity contribution in [1.82, 2.24) is 4.31 Å². The quantitative estimate of drug-likeness (QED) is 0.731. The Labute approximate surface area is 172 Å². The van der Waals surface area contributed by atoms with Gasteiger partial charge in [-0.1, -0.05) is 15.9 Å². The predicted molar refractivity (Wildman–Crippen MR) is 110 cm³/mol. The Morgan fingerprint density at radius 2 is 1.96 bits per heavy atom. The smallest absolute Gasteiger partial charge is 0.255 e. The Bertz CT molecular complexity index is 1060. The summed E-state index contributed by atoms with van der Waals surface area (Å²) in [7, 11) is 0.683. The molecule has 0 fully saturated rings. The van der Waals surface area contributed by atoms with E-state index in [0.717, 1.165) is 14.3 Å². The highest BCUT2D eigenvalue weighted by Crippen LogP contribution is 2.31. The van der Waals surface area contributed by atoms with Crippen LogP contribution in [0.15, 0.2) is 51.3 Å². The van der Waals surface area contributed by atoms with Gasteiger partial charge >= 0.3 is 0 Å². The first-order valence-corrected chi connectivity index (χ1v) is 10.5. The first-order chi connectivity index (χ1) is 13.2. The van der Waals surface area contributed by atoms with Gasteiger partial charge in [-0.3, -0.25) is 4.79 Å². The van der Waals surface area contributed by atoms with Crippen molar-refractivity contribution in [3.05, 3.63) is 52.0 Å². The molecule has 0 radical (unpaired) electrons.